The third-order valence-electron chi connectivity index (χ3n) is 3.15. The maximum absolute atomic E-state index is 9.31. The van der Waals surface area contributed by atoms with Crippen molar-refractivity contribution in [2.45, 2.75) is 6.92 Å². The normalized spacial score (nSPS) is 10.1. The highest BCUT2D eigenvalue weighted by Crippen LogP contribution is 2.21. The van der Waals surface area contributed by atoms with Gasteiger partial charge in [-0.3, -0.25) is 0 Å². The van der Waals surface area contributed by atoms with Crippen molar-refractivity contribution in [3.05, 3.63) is 65.9 Å². The molecule has 0 radical (unpaired) electrons. The van der Waals surface area contributed by atoms with E-state index in [0.717, 1.165) is 16.7 Å². The van der Waals surface area contributed by atoms with Crippen molar-refractivity contribution in [3.8, 4) is 28.7 Å². The fraction of sp³-hybridized carbons (Fsp3) is 0.0588. The van der Waals surface area contributed by atoms with Gasteiger partial charge in [0.15, 0.2) is 11.5 Å². The van der Waals surface area contributed by atoms with Crippen LogP contribution in [-0.2, 0) is 0 Å². The second kappa shape index (κ2) is 5.51. The van der Waals surface area contributed by atoms with Gasteiger partial charge in [-0.15, -0.1) is 10.2 Å². The van der Waals surface area contributed by atoms with E-state index < -0.39 is 0 Å². The van der Waals surface area contributed by atoms with Crippen LogP contribution in [-0.4, -0.2) is 15.2 Å². The molecule has 0 amide bonds. The second-order valence-electron chi connectivity index (χ2n) is 4.68. The highest BCUT2D eigenvalue weighted by Gasteiger charge is 2.11. The van der Waals surface area contributed by atoms with E-state index in [1.165, 1.54) is 0 Å². The van der Waals surface area contributed by atoms with Crippen molar-refractivity contribution in [1.82, 2.24) is 15.2 Å². The minimum atomic E-state index is 0.284. The minimum Gasteiger partial charge on any atom is -0.213 e. The largest absolute Gasteiger partial charge is 0.213 e. The van der Waals surface area contributed by atoms with Crippen LogP contribution < -0.4 is 0 Å². The summed E-state index contributed by atoms with van der Waals surface area (Å²) in [6, 6.07) is 19.4. The van der Waals surface area contributed by atoms with Gasteiger partial charge in [0.05, 0.1) is 0 Å². The van der Waals surface area contributed by atoms with E-state index in [1.54, 1.807) is 0 Å². The molecule has 3 rings (SSSR count). The predicted octanol–water partition coefficient (Wildman–Crippen LogP) is 3.39. The van der Waals surface area contributed by atoms with Crippen LogP contribution in [0.15, 0.2) is 54.6 Å². The summed E-state index contributed by atoms with van der Waals surface area (Å²) < 4.78 is 0. The molecule has 1 aromatic heterocycles. The third kappa shape index (κ3) is 2.63. The van der Waals surface area contributed by atoms with Crippen LogP contribution >= 0.6 is 0 Å². The molecule has 0 aliphatic carbocycles. The monoisotopic (exact) mass is 272 g/mol. The van der Waals surface area contributed by atoms with Crippen molar-refractivity contribution < 1.29 is 0 Å². The van der Waals surface area contributed by atoms with Crippen LogP contribution in [0.25, 0.3) is 22.6 Å². The standard InChI is InChI=1S/C17H12N4/c1-12-7-9-14(10-8-12)17-19-15(11-18)16(20-21-17)13-5-3-2-4-6-13/h2-10H,1H3. The first-order valence-electron chi connectivity index (χ1n) is 6.55. The molecule has 0 fully saturated rings. The predicted molar refractivity (Wildman–Crippen MR) is 80.2 cm³/mol. The first kappa shape index (κ1) is 12.9. The van der Waals surface area contributed by atoms with E-state index >= 15 is 0 Å². The van der Waals surface area contributed by atoms with Gasteiger partial charge in [0.25, 0.3) is 0 Å². The Morgan fingerprint density at radius 3 is 2.24 bits per heavy atom. The summed E-state index contributed by atoms with van der Waals surface area (Å²) in [5, 5.41) is 17.6. The zero-order valence-electron chi connectivity index (χ0n) is 11.5. The molecule has 4 heteroatoms. The van der Waals surface area contributed by atoms with E-state index in [-0.39, 0.29) is 5.69 Å². The molecule has 0 aliphatic heterocycles. The molecule has 0 unspecified atom stereocenters. The minimum absolute atomic E-state index is 0.284. The fourth-order valence-corrected chi connectivity index (χ4v) is 2.02. The summed E-state index contributed by atoms with van der Waals surface area (Å²) in [4.78, 5) is 4.33. The smallest absolute Gasteiger partial charge is 0.183 e. The summed E-state index contributed by atoms with van der Waals surface area (Å²) in [6.07, 6.45) is 0. The van der Waals surface area contributed by atoms with Crippen molar-refractivity contribution in [3.63, 3.8) is 0 Å². The number of aromatic nitrogens is 3. The Morgan fingerprint density at radius 2 is 1.57 bits per heavy atom. The van der Waals surface area contributed by atoms with Crippen LogP contribution in [0.4, 0.5) is 0 Å². The van der Waals surface area contributed by atoms with Gasteiger partial charge in [0, 0.05) is 11.1 Å². The van der Waals surface area contributed by atoms with E-state index in [2.05, 4.69) is 21.3 Å². The average Bonchev–Trinajstić information content (AvgIpc) is 2.56. The Bertz CT molecular complexity index is 802. The maximum Gasteiger partial charge on any atom is 0.183 e. The van der Waals surface area contributed by atoms with Gasteiger partial charge in [-0.1, -0.05) is 60.2 Å². The van der Waals surface area contributed by atoms with Crippen LogP contribution in [0.5, 0.6) is 0 Å². The Morgan fingerprint density at radius 1 is 0.857 bits per heavy atom. The van der Waals surface area contributed by atoms with Gasteiger partial charge >= 0.3 is 0 Å². The highest BCUT2D eigenvalue weighted by atomic mass is 15.2. The van der Waals surface area contributed by atoms with Crippen molar-refractivity contribution in [1.29, 1.82) is 5.26 Å². The van der Waals surface area contributed by atoms with Gasteiger partial charge in [-0.25, -0.2) is 4.98 Å². The molecule has 0 saturated heterocycles. The van der Waals surface area contributed by atoms with Crippen molar-refractivity contribution in [2.24, 2.45) is 0 Å². The number of hydrogen-bond acceptors (Lipinski definition) is 4. The lowest BCUT2D eigenvalue weighted by atomic mass is 10.1. The van der Waals surface area contributed by atoms with Crippen LogP contribution in [0.2, 0.25) is 0 Å². The Hall–Kier alpha value is -3.06. The van der Waals surface area contributed by atoms with E-state index in [4.69, 9.17) is 0 Å². The molecule has 0 bridgehead atoms. The maximum atomic E-state index is 9.31. The first-order valence-corrected chi connectivity index (χ1v) is 6.55. The second-order valence-corrected chi connectivity index (χ2v) is 4.68. The molecule has 3 aromatic rings. The van der Waals surface area contributed by atoms with Gasteiger partial charge in [0.1, 0.15) is 11.8 Å². The molecule has 0 atom stereocenters. The molecule has 4 nitrogen and oxygen atoms in total. The average molecular weight is 272 g/mol. The lowest BCUT2D eigenvalue weighted by Crippen LogP contribution is -2.00. The number of rotatable bonds is 2. The molecule has 0 saturated carbocycles. The number of nitriles is 1. The summed E-state index contributed by atoms with van der Waals surface area (Å²) in [5.41, 5.74) is 3.64. The molecule has 21 heavy (non-hydrogen) atoms. The fourth-order valence-electron chi connectivity index (χ4n) is 2.02. The van der Waals surface area contributed by atoms with Gasteiger partial charge in [-0.2, -0.15) is 5.26 Å². The molecule has 0 spiro atoms. The molecule has 2 aromatic carbocycles. The number of hydrogen-bond donors (Lipinski definition) is 0. The van der Waals surface area contributed by atoms with Crippen LogP contribution in [0.1, 0.15) is 11.3 Å². The zero-order chi connectivity index (χ0) is 14.7. The Labute approximate surface area is 122 Å². The molecule has 0 aliphatic rings. The SMILES string of the molecule is Cc1ccc(-c2nnc(-c3ccccc3)c(C#N)n2)cc1. The summed E-state index contributed by atoms with van der Waals surface area (Å²) in [5.74, 6) is 0.464. The Kier molecular flexibility index (Phi) is 3.40. The molecule has 100 valence electrons. The molecule has 0 N–H and O–H groups in total. The van der Waals surface area contributed by atoms with Gasteiger partial charge in [0.2, 0.25) is 0 Å². The number of nitrogens with zero attached hydrogens (tertiary/aromatic N) is 4. The summed E-state index contributed by atoms with van der Waals surface area (Å²) in [7, 11) is 0. The van der Waals surface area contributed by atoms with Crippen molar-refractivity contribution >= 4 is 0 Å². The lowest BCUT2D eigenvalue weighted by molar-refractivity contribution is 0.975. The lowest BCUT2D eigenvalue weighted by Gasteiger charge is -2.04. The van der Waals surface area contributed by atoms with Crippen LogP contribution in [0, 0.1) is 18.3 Å². The topological polar surface area (TPSA) is 62.5 Å². The summed E-state index contributed by atoms with van der Waals surface area (Å²) >= 11 is 0. The third-order valence-corrected chi connectivity index (χ3v) is 3.15. The Balaban J connectivity index is 2.08. The highest BCUT2D eigenvalue weighted by molar-refractivity contribution is 5.66. The molecular weight excluding hydrogens is 260 g/mol. The summed E-state index contributed by atoms with van der Waals surface area (Å²) in [6.45, 7) is 2.02. The number of aryl methyl sites for hydroxylation is 1. The number of benzene rings is 2. The molecule has 1 heterocycles. The van der Waals surface area contributed by atoms with Crippen molar-refractivity contribution in [2.75, 3.05) is 0 Å². The zero-order valence-corrected chi connectivity index (χ0v) is 11.5. The molecular formula is C17H12N4. The van der Waals surface area contributed by atoms with Gasteiger partial charge in [-0.05, 0) is 6.92 Å². The van der Waals surface area contributed by atoms with E-state index in [1.807, 2.05) is 61.5 Å². The van der Waals surface area contributed by atoms with E-state index in [9.17, 15) is 5.26 Å². The van der Waals surface area contributed by atoms with Gasteiger partial charge < -0.3 is 0 Å². The quantitative estimate of drug-likeness (QED) is 0.717. The van der Waals surface area contributed by atoms with E-state index in [0.29, 0.717) is 11.5 Å². The first-order chi connectivity index (χ1) is 10.3. The van der Waals surface area contributed by atoms with Crippen LogP contribution in [0.3, 0.4) is 0 Å².